The summed E-state index contributed by atoms with van der Waals surface area (Å²) < 4.78 is 6.63. The van der Waals surface area contributed by atoms with Crippen molar-refractivity contribution in [2.24, 2.45) is 0 Å². The second-order valence-corrected chi connectivity index (χ2v) is 9.77. The van der Waals surface area contributed by atoms with E-state index in [9.17, 15) is 4.79 Å². The highest BCUT2D eigenvalue weighted by Gasteiger charge is 2.18. The highest BCUT2D eigenvalue weighted by molar-refractivity contribution is 7.21. The van der Waals surface area contributed by atoms with Gasteiger partial charge in [0.15, 0.2) is 11.5 Å². The van der Waals surface area contributed by atoms with E-state index in [0.717, 1.165) is 15.6 Å². The van der Waals surface area contributed by atoms with Crippen LogP contribution in [0.15, 0.2) is 59.0 Å². The number of rotatable bonds is 4. The largest absolute Gasteiger partial charge is 0.439 e. The van der Waals surface area contributed by atoms with E-state index in [-0.39, 0.29) is 5.91 Å². The van der Waals surface area contributed by atoms with E-state index in [1.165, 1.54) is 11.3 Å². The lowest BCUT2D eigenvalue weighted by Gasteiger charge is -2.05. The molecule has 4 nitrogen and oxygen atoms in total. The fourth-order valence-corrected chi connectivity index (χ4v) is 5.54. The zero-order valence-corrected chi connectivity index (χ0v) is 19.9. The van der Waals surface area contributed by atoms with Gasteiger partial charge in [-0.3, -0.25) is 4.79 Å². The molecule has 0 atom stereocenters. The lowest BCUT2D eigenvalue weighted by molar-refractivity contribution is 0.103. The van der Waals surface area contributed by atoms with E-state index in [1.807, 2.05) is 30.3 Å². The zero-order chi connectivity index (χ0) is 22.4. The third-order valence-corrected chi connectivity index (χ3v) is 7.21. The van der Waals surface area contributed by atoms with Gasteiger partial charge < -0.3 is 9.73 Å². The Morgan fingerprint density at radius 3 is 2.53 bits per heavy atom. The molecule has 160 valence electrons. The molecule has 2 aromatic heterocycles. The molecule has 32 heavy (non-hydrogen) atoms. The van der Waals surface area contributed by atoms with Gasteiger partial charge in [0, 0.05) is 32.2 Å². The zero-order valence-electron chi connectivity index (χ0n) is 16.1. The van der Waals surface area contributed by atoms with E-state index in [1.54, 1.807) is 24.3 Å². The molecule has 1 N–H and O–H groups in total. The van der Waals surface area contributed by atoms with Crippen LogP contribution in [-0.4, -0.2) is 10.9 Å². The number of nitrogens with one attached hydrogen (secondary N) is 1. The van der Waals surface area contributed by atoms with Crippen molar-refractivity contribution in [1.29, 1.82) is 0 Å². The van der Waals surface area contributed by atoms with Crippen LogP contribution in [0.3, 0.4) is 0 Å². The van der Waals surface area contributed by atoms with Gasteiger partial charge in [0.25, 0.3) is 5.91 Å². The molecule has 0 aliphatic heterocycles. The van der Waals surface area contributed by atoms with Gasteiger partial charge in [-0.15, -0.1) is 11.3 Å². The average molecular weight is 522 g/mol. The first-order valence-corrected chi connectivity index (χ1v) is 11.7. The number of thiophene rings is 1. The Labute approximate surface area is 206 Å². The molecule has 0 bridgehead atoms. The number of nitrogens with zero attached hydrogens (tertiary/aromatic N) is 1. The SMILES string of the molecule is O=C(Nc1ccc(Cc2nc3cc(Cl)cc(Cl)c3o2)cc1)c1sc2cc(Cl)ccc2c1Cl. The van der Waals surface area contributed by atoms with Crippen molar-refractivity contribution < 1.29 is 9.21 Å². The van der Waals surface area contributed by atoms with Crippen LogP contribution in [0.5, 0.6) is 0 Å². The van der Waals surface area contributed by atoms with Gasteiger partial charge in [-0.2, -0.15) is 0 Å². The molecule has 0 spiro atoms. The summed E-state index contributed by atoms with van der Waals surface area (Å²) >= 11 is 25.9. The second kappa shape index (κ2) is 8.58. The number of fused-ring (bicyclic) bond motifs is 2. The second-order valence-electron chi connectivity index (χ2n) is 7.06. The van der Waals surface area contributed by atoms with E-state index in [4.69, 9.17) is 50.8 Å². The number of carbonyl (C=O) groups excluding carboxylic acids is 1. The summed E-state index contributed by atoms with van der Waals surface area (Å²) in [4.78, 5) is 17.6. The molecule has 5 aromatic rings. The van der Waals surface area contributed by atoms with Crippen LogP contribution in [0.1, 0.15) is 21.1 Å². The number of amides is 1. The number of benzene rings is 3. The molecular formula is C23H12Cl4N2O2S. The van der Waals surface area contributed by atoms with Crippen molar-refractivity contribution in [2.45, 2.75) is 6.42 Å². The molecule has 3 aromatic carbocycles. The summed E-state index contributed by atoms with van der Waals surface area (Å²) in [6.07, 6.45) is 0.472. The number of oxazole rings is 1. The molecule has 0 saturated carbocycles. The first-order chi connectivity index (χ1) is 15.4. The predicted molar refractivity (Wildman–Crippen MR) is 133 cm³/mol. The monoisotopic (exact) mass is 520 g/mol. The van der Waals surface area contributed by atoms with Crippen molar-refractivity contribution in [3.63, 3.8) is 0 Å². The van der Waals surface area contributed by atoms with E-state index >= 15 is 0 Å². The lowest BCUT2D eigenvalue weighted by atomic mass is 10.1. The van der Waals surface area contributed by atoms with E-state index in [2.05, 4.69) is 10.3 Å². The quantitative estimate of drug-likeness (QED) is 0.258. The standard InChI is InChI=1S/C23H12Cl4N2O2S/c24-12-3-6-15-18(10-12)32-22(20(15)27)23(30)28-14-4-1-11(2-5-14)7-19-29-17-9-13(25)8-16(26)21(17)31-19/h1-6,8-10H,7H2,(H,28,30). The Hall–Kier alpha value is -2.28. The van der Waals surface area contributed by atoms with Crippen LogP contribution in [0, 0.1) is 0 Å². The molecule has 5 rings (SSSR count). The Balaban J connectivity index is 1.32. The van der Waals surface area contributed by atoms with Crippen molar-refractivity contribution in [1.82, 2.24) is 4.98 Å². The fourth-order valence-electron chi connectivity index (χ4n) is 3.33. The Kier molecular flexibility index (Phi) is 5.78. The van der Waals surface area contributed by atoms with Gasteiger partial charge in [-0.25, -0.2) is 4.98 Å². The van der Waals surface area contributed by atoms with Gasteiger partial charge in [0.1, 0.15) is 10.4 Å². The molecule has 0 radical (unpaired) electrons. The maximum Gasteiger partial charge on any atom is 0.267 e. The summed E-state index contributed by atoms with van der Waals surface area (Å²) in [5.41, 5.74) is 2.74. The topological polar surface area (TPSA) is 55.1 Å². The highest BCUT2D eigenvalue weighted by Crippen LogP contribution is 2.37. The minimum absolute atomic E-state index is 0.273. The van der Waals surface area contributed by atoms with Crippen LogP contribution in [-0.2, 0) is 6.42 Å². The molecule has 0 aliphatic rings. The molecule has 0 fully saturated rings. The first kappa shape index (κ1) is 21.6. The minimum Gasteiger partial charge on any atom is -0.439 e. The maximum absolute atomic E-state index is 12.8. The summed E-state index contributed by atoms with van der Waals surface area (Å²) in [6, 6.07) is 16.1. The van der Waals surface area contributed by atoms with Crippen molar-refractivity contribution in [3.05, 3.63) is 91.0 Å². The Bertz CT molecular complexity index is 1490. The summed E-state index contributed by atoms with van der Waals surface area (Å²) in [5, 5.41) is 5.64. The number of hydrogen-bond donors (Lipinski definition) is 1. The maximum atomic E-state index is 12.8. The third-order valence-electron chi connectivity index (χ3n) is 4.82. The Morgan fingerprint density at radius 2 is 1.75 bits per heavy atom. The predicted octanol–water partition coefficient (Wildman–Crippen LogP) is 8.50. The summed E-state index contributed by atoms with van der Waals surface area (Å²) in [5.74, 6) is 0.252. The van der Waals surface area contributed by atoms with Crippen LogP contribution in [0.2, 0.25) is 20.1 Å². The molecule has 0 aliphatic carbocycles. The van der Waals surface area contributed by atoms with Crippen molar-refractivity contribution in [3.8, 4) is 0 Å². The number of hydrogen-bond acceptors (Lipinski definition) is 4. The summed E-state index contributed by atoms with van der Waals surface area (Å²) in [7, 11) is 0. The van der Waals surface area contributed by atoms with Gasteiger partial charge >= 0.3 is 0 Å². The average Bonchev–Trinajstić information content (AvgIpc) is 3.30. The number of halogens is 4. The normalized spacial score (nSPS) is 11.4. The van der Waals surface area contributed by atoms with Crippen LogP contribution >= 0.6 is 57.7 Å². The van der Waals surface area contributed by atoms with Crippen LogP contribution in [0.25, 0.3) is 21.2 Å². The van der Waals surface area contributed by atoms with Crippen LogP contribution < -0.4 is 5.32 Å². The first-order valence-electron chi connectivity index (χ1n) is 9.39. The van der Waals surface area contributed by atoms with Crippen molar-refractivity contribution >= 4 is 90.5 Å². The number of carbonyl (C=O) groups is 1. The molecule has 1 amide bonds. The van der Waals surface area contributed by atoms with Gasteiger partial charge in [-0.05, 0) is 42.0 Å². The molecule has 0 saturated heterocycles. The Morgan fingerprint density at radius 1 is 0.969 bits per heavy atom. The van der Waals surface area contributed by atoms with E-state index in [0.29, 0.717) is 54.1 Å². The molecule has 0 unspecified atom stereocenters. The molecule has 2 heterocycles. The highest BCUT2D eigenvalue weighted by atomic mass is 35.5. The third kappa shape index (κ3) is 4.19. The lowest BCUT2D eigenvalue weighted by Crippen LogP contribution is -2.10. The van der Waals surface area contributed by atoms with Gasteiger partial charge in [-0.1, -0.05) is 64.6 Å². The summed E-state index contributed by atoms with van der Waals surface area (Å²) in [6.45, 7) is 0. The number of anilines is 1. The molecular weight excluding hydrogens is 510 g/mol. The van der Waals surface area contributed by atoms with Crippen LogP contribution in [0.4, 0.5) is 5.69 Å². The van der Waals surface area contributed by atoms with Gasteiger partial charge in [0.05, 0.1) is 10.0 Å². The minimum atomic E-state index is -0.273. The smallest absolute Gasteiger partial charge is 0.267 e. The molecule has 9 heteroatoms. The fraction of sp³-hybridized carbons (Fsp3) is 0.0435. The van der Waals surface area contributed by atoms with Crippen molar-refractivity contribution in [2.75, 3.05) is 5.32 Å². The number of aromatic nitrogens is 1. The van der Waals surface area contributed by atoms with Gasteiger partial charge in [0.2, 0.25) is 0 Å². The van der Waals surface area contributed by atoms with E-state index < -0.39 is 0 Å².